The maximum atomic E-state index is 11.2. The molecule has 0 saturated carbocycles. The Kier molecular flexibility index (Phi) is 7.18. The number of carbonyl (C=O) groups is 1. The summed E-state index contributed by atoms with van der Waals surface area (Å²) < 4.78 is 5.83. The Hall–Kier alpha value is -1.95. The fourth-order valence-electron chi connectivity index (χ4n) is 2.38. The lowest BCUT2D eigenvalue weighted by atomic mass is 10.1. The molecule has 1 saturated heterocycles. The Morgan fingerprint density at radius 3 is 2.96 bits per heavy atom. The summed E-state index contributed by atoms with van der Waals surface area (Å²) in [6, 6.07) is 7.60. The number of hydrogen-bond donors (Lipinski definition) is 3. The zero-order valence-corrected chi connectivity index (χ0v) is 14.9. The molecule has 3 N–H and O–H groups in total. The van der Waals surface area contributed by atoms with E-state index in [9.17, 15) is 4.79 Å². The SMILES string of the molecule is CCNC(=NCC(C)Oc1ccccc1Cl)NC1CCC(=O)NC1. The lowest BCUT2D eigenvalue weighted by molar-refractivity contribution is -0.122. The van der Waals surface area contributed by atoms with Gasteiger partial charge in [-0.05, 0) is 32.4 Å². The number of benzene rings is 1. The van der Waals surface area contributed by atoms with E-state index in [4.69, 9.17) is 16.3 Å². The molecule has 132 valence electrons. The van der Waals surface area contributed by atoms with Crippen LogP contribution in [-0.2, 0) is 4.79 Å². The number of rotatable bonds is 6. The van der Waals surface area contributed by atoms with Crippen molar-refractivity contribution in [1.82, 2.24) is 16.0 Å². The van der Waals surface area contributed by atoms with Gasteiger partial charge < -0.3 is 20.7 Å². The fraction of sp³-hybridized carbons (Fsp3) is 0.529. The first-order valence-corrected chi connectivity index (χ1v) is 8.69. The van der Waals surface area contributed by atoms with Crippen molar-refractivity contribution in [2.75, 3.05) is 19.6 Å². The van der Waals surface area contributed by atoms with Crippen molar-refractivity contribution >= 4 is 23.5 Å². The highest BCUT2D eigenvalue weighted by molar-refractivity contribution is 6.32. The molecule has 1 aromatic carbocycles. The smallest absolute Gasteiger partial charge is 0.220 e. The Morgan fingerprint density at radius 2 is 2.29 bits per heavy atom. The highest BCUT2D eigenvalue weighted by Gasteiger charge is 2.18. The molecule has 1 aliphatic heterocycles. The predicted octanol–water partition coefficient (Wildman–Crippen LogP) is 1.94. The third kappa shape index (κ3) is 5.92. The predicted molar refractivity (Wildman–Crippen MR) is 96.7 cm³/mol. The number of nitrogens with zero attached hydrogens (tertiary/aromatic N) is 1. The zero-order chi connectivity index (χ0) is 17.4. The molecular weight excluding hydrogens is 328 g/mol. The largest absolute Gasteiger partial charge is 0.487 e. The van der Waals surface area contributed by atoms with Crippen molar-refractivity contribution in [2.24, 2.45) is 4.99 Å². The molecule has 2 atom stereocenters. The monoisotopic (exact) mass is 352 g/mol. The quantitative estimate of drug-likeness (QED) is 0.540. The van der Waals surface area contributed by atoms with Crippen molar-refractivity contribution in [3.05, 3.63) is 29.3 Å². The Morgan fingerprint density at radius 1 is 1.50 bits per heavy atom. The minimum absolute atomic E-state index is 0.105. The summed E-state index contributed by atoms with van der Waals surface area (Å²) in [5.41, 5.74) is 0. The number of piperidine rings is 1. The summed E-state index contributed by atoms with van der Waals surface area (Å²) in [5.74, 6) is 1.50. The molecule has 1 heterocycles. The highest BCUT2D eigenvalue weighted by atomic mass is 35.5. The van der Waals surface area contributed by atoms with Gasteiger partial charge in [-0.2, -0.15) is 0 Å². The molecule has 2 unspecified atom stereocenters. The van der Waals surface area contributed by atoms with Crippen LogP contribution in [0, 0.1) is 0 Å². The van der Waals surface area contributed by atoms with Gasteiger partial charge in [0.05, 0.1) is 11.6 Å². The first-order valence-electron chi connectivity index (χ1n) is 8.31. The summed E-state index contributed by atoms with van der Waals surface area (Å²) in [6.45, 7) is 5.86. The van der Waals surface area contributed by atoms with E-state index < -0.39 is 0 Å². The topological polar surface area (TPSA) is 74.8 Å². The van der Waals surface area contributed by atoms with Crippen molar-refractivity contribution in [2.45, 2.75) is 38.8 Å². The van der Waals surface area contributed by atoms with Gasteiger partial charge in [-0.1, -0.05) is 23.7 Å². The number of amides is 1. The maximum absolute atomic E-state index is 11.2. The molecule has 1 aliphatic rings. The highest BCUT2D eigenvalue weighted by Crippen LogP contribution is 2.24. The third-order valence-corrected chi connectivity index (χ3v) is 3.93. The maximum Gasteiger partial charge on any atom is 0.220 e. The van der Waals surface area contributed by atoms with E-state index in [1.165, 1.54) is 0 Å². The van der Waals surface area contributed by atoms with E-state index in [1.807, 2.05) is 32.0 Å². The third-order valence-electron chi connectivity index (χ3n) is 3.62. The van der Waals surface area contributed by atoms with Crippen molar-refractivity contribution < 1.29 is 9.53 Å². The average Bonchev–Trinajstić information content (AvgIpc) is 2.57. The first kappa shape index (κ1) is 18.4. The minimum atomic E-state index is -0.105. The van der Waals surface area contributed by atoms with Crippen LogP contribution in [0.5, 0.6) is 5.75 Å². The second-order valence-electron chi connectivity index (χ2n) is 5.76. The number of aliphatic imine (C=N–C) groups is 1. The van der Waals surface area contributed by atoms with E-state index in [0.29, 0.717) is 30.3 Å². The molecule has 0 bridgehead atoms. The molecule has 1 amide bonds. The van der Waals surface area contributed by atoms with E-state index in [-0.39, 0.29) is 18.1 Å². The number of hydrogen-bond acceptors (Lipinski definition) is 3. The normalized spacial score (nSPS) is 19.4. The molecule has 6 nitrogen and oxygen atoms in total. The van der Waals surface area contributed by atoms with E-state index in [2.05, 4.69) is 20.9 Å². The van der Waals surface area contributed by atoms with Crippen LogP contribution in [0.2, 0.25) is 5.02 Å². The number of ether oxygens (including phenoxy) is 1. The van der Waals surface area contributed by atoms with Gasteiger partial charge in [-0.25, -0.2) is 4.99 Å². The second kappa shape index (κ2) is 9.37. The summed E-state index contributed by atoms with van der Waals surface area (Å²) in [4.78, 5) is 15.8. The van der Waals surface area contributed by atoms with Crippen LogP contribution in [0.15, 0.2) is 29.3 Å². The number of carbonyl (C=O) groups excluding carboxylic acids is 1. The van der Waals surface area contributed by atoms with Gasteiger partial charge in [-0.15, -0.1) is 0 Å². The molecule has 2 rings (SSSR count). The fourth-order valence-corrected chi connectivity index (χ4v) is 2.56. The van der Waals surface area contributed by atoms with Gasteiger partial charge in [0.15, 0.2) is 5.96 Å². The van der Waals surface area contributed by atoms with E-state index >= 15 is 0 Å². The zero-order valence-electron chi connectivity index (χ0n) is 14.1. The van der Waals surface area contributed by atoms with Crippen LogP contribution in [-0.4, -0.2) is 43.6 Å². The van der Waals surface area contributed by atoms with Crippen LogP contribution < -0.4 is 20.7 Å². The van der Waals surface area contributed by atoms with Gasteiger partial charge in [0, 0.05) is 25.6 Å². The summed E-state index contributed by atoms with van der Waals surface area (Å²) >= 11 is 6.10. The van der Waals surface area contributed by atoms with Gasteiger partial charge >= 0.3 is 0 Å². The van der Waals surface area contributed by atoms with Gasteiger partial charge in [0.2, 0.25) is 5.91 Å². The molecule has 0 aromatic heterocycles. The van der Waals surface area contributed by atoms with Gasteiger partial charge in [0.25, 0.3) is 0 Å². The first-order chi connectivity index (χ1) is 11.6. The van der Waals surface area contributed by atoms with Crippen LogP contribution in [0.3, 0.4) is 0 Å². The molecular formula is C17H25ClN4O2. The molecule has 7 heteroatoms. The van der Waals surface area contributed by atoms with Crippen LogP contribution in [0.4, 0.5) is 0 Å². The molecule has 24 heavy (non-hydrogen) atoms. The van der Waals surface area contributed by atoms with Crippen LogP contribution >= 0.6 is 11.6 Å². The van der Waals surface area contributed by atoms with E-state index in [1.54, 1.807) is 6.07 Å². The summed E-state index contributed by atoms with van der Waals surface area (Å²) in [5, 5.41) is 10.0. The van der Waals surface area contributed by atoms with Crippen molar-refractivity contribution in [3.8, 4) is 5.75 Å². The number of halogens is 1. The van der Waals surface area contributed by atoms with Gasteiger partial charge in [0.1, 0.15) is 11.9 Å². The standard InChI is InChI=1S/C17H25ClN4O2/c1-3-19-17(22-13-8-9-16(23)20-11-13)21-10-12(2)24-15-7-5-4-6-14(15)18/h4-7,12-13H,3,8-11H2,1-2H3,(H,20,23)(H2,19,21,22). The Labute approximate surface area is 148 Å². The van der Waals surface area contributed by atoms with Crippen molar-refractivity contribution in [3.63, 3.8) is 0 Å². The minimum Gasteiger partial charge on any atom is -0.487 e. The van der Waals surface area contributed by atoms with E-state index in [0.717, 1.165) is 18.9 Å². The lowest BCUT2D eigenvalue weighted by Crippen LogP contribution is -2.51. The molecule has 0 aliphatic carbocycles. The molecule has 1 aromatic rings. The Bertz CT molecular complexity index is 569. The Balaban J connectivity index is 1.87. The van der Waals surface area contributed by atoms with Crippen LogP contribution in [0.25, 0.3) is 0 Å². The lowest BCUT2D eigenvalue weighted by Gasteiger charge is -2.25. The number of guanidine groups is 1. The van der Waals surface area contributed by atoms with Gasteiger partial charge in [-0.3, -0.25) is 4.79 Å². The number of para-hydroxylation sites is 1. The second-order valence-corrected chi connectivity index (χ2v) is 6.17. The van der Waals surface area contributed by atoms with Crippen molar-refractivity contribution in [1.29, 1.82) is 0 Å². The summed E-state index contributed by atoms with van der Waals surface area (Å²) in [7, 11) is 0. The molecule has 0 spiro atoms. The van der Waals surface area contributed by atoms with Crippen LogP contribution in [0.1, 0.15) is 26.7 Å². The average molecular weight is 353 g/mol. The number of nitrogens with one attached hydrogen (secondary N) is 3. The summed E-state index contributed by atoms with van der Waals surface area (Å²) in [6.07, 6.45) is 1.25. The molecule has 0 radical (unpaired) electrons. The molecule has 1 fully saturated rings.